The van der Waals surface area contributed by atoms with Crippen LogP contribution in [-0.4, -0.2) is 9.91 Å². The quantitative estimate of drug-likeness (QED) is 0.575. The molecule has 0 atom stereocenters. The molecule has 0 radical (unpaired) electrons. The van der Waals surface area contributed by atoms with Crippen molar-refractivity contribution in [2.75, 3.05) is 0 Å². The molecule has 16 heavy (non-hydrogen) atoms. The summed E-state index contributed by atoms with van der Waals surface area (Å²) in [6.07, 6.45) is 3.01. The van der Waals surface area contributed by atoms with Crippen LogP contribution in [0.1, 0.15) is 0 Å². The maximum atomic E-state index is 13.5. The van der Waals surface area contributed by atoms with Gasteiger partial charge in [0, 0.05) is 35.7 Å². The van der Waals surface area contributed by atoms with E-state index in [1.54, 1.807) is 18.3 Å². The van der Waals surface area contributed by atoms with E-state index in [2.05, 4.69) is 4.98 Å². The lowest BCUT2D eigenvalue weighted by atomic mass is 10.1. The Morgan fingerprint density at radius 3 is 2.75 bits per heavy atom. The molecule has 0 aliphatic heterocycles. The molecule has 1 heterocycles. The number of aromatic nitrogens is 1. The van der Waals surface area contributed by atoms with Crippen molar-refractivity contribution in [3.05, 3.63) is 58.7 Å². The van der Waals surface area contributed by atoms with Crippen molar-refractivity contribution < 1.29 is 9.31 Å². The molecule has 4 nitrogen and oxygen atoms in total. The van der Waals surface area contributed by atoms with E-state index in [0.29, 0.717) is 5.56 Å². The van der Waals surface area contributed by atoms with Crippen LogP contribution < -0.4 is 0 Å². The van der Waals surface area contributed by atoms with Gasteiger partial charge in [-0.25, -0.2) is 4.39 Å². The molecule has 0 aliphatic rings. The number of nitro groups is 1. The topological polar surface area (TPSA) is 56.0 Å². The Labute approximate surface area is 90.5 Å². The first-order chi connectivity index (χ1) is 7.68. The maximum Gasteiger partial charge on any atom is 0.270 e. The number of hydrogen-bond donors (Lipinski definition) is 0. The molecule has 0 saturated heterocycles. The van der Waals surface area contributed by atoms with Crippen molar-refractivity contribution in [1.29, 1.82) is 0 Å². The van der Waals surface area contributed by atoms with Crippen LogP contribution in [0.15, 0.2) is 42.7 Å². The molecule has 0 saturated carbocycles. The molecule has 0 fully saturated rings. The molecule has 0 spiro atoms. The van der Waals surface area contributed by atoms with Crippen LogP contribution >= 0.6 is 0 Å². The van der Waals surface area contributed by atoms with Gasteiger partial charge in [-0.3, -0.25) is 15.1 Å². The average Bonchev–Trinajstić information content (AvgIpc) is 2.30. The van der Waals surface area contributed by atoms with Crippen molar-refractivity contribution in [1.82, 2.24) is 4.98 Å². The van der Waals surface area contributed by atoms with Crippen molar-refractivity contribution in [3.8, 4) is 11.1 Å². The fourth-order valence-corrected chi connectivity index (χ4v) is 1.37. The summed E-state index contributed by atoms with van der Waals surface area (Å²) in [5.74, 6) is -0.501. The third kappa shape index (κ3) is 1.88. The number of benzene rings is 1. The first-order valence-electron chi connectivity index (χ1n) is 4.53. The van der Waals surface area contributed by atoms with Gasteiger partial charge in [-0.15, -0.1) is 0 Å². The Bertz CT molecular complexity index is 529. The Morgan fingerprint density at radius 2 is 2.12 bits per heavy atom. The number of rotatable bonds is 2. The Hall–Kier alpha value is -2.30. The highest BCUT2D eigenvalue weighted by molar-refractivity contribution is 5.65. The zero-order valence-corrected chi connectivity index (χ0v) is 8.13. The first kappa shape index (κ1) is 10.2. The number of hydrogen-bond acceptors (Lipinski definition) is 3. The molecule has 1 aromatic carbocycles. The summed E-state index contributed by atoms with van der Waals surface area (Å²) >= 11 is 0. The molecule has 80 valence electrons. The molecule has 2 aromatic rings. The summed E-state index contributed by atoms with van der Waals surface area (Å²) < 4.78 is 13.5. The van der Waals surface area contributed by atoms with E-state index in [-0.39, 0.29) is 11.3 Å². The number of pyridine rings is 1. The van der Waals surface area contributed by atoms with Gasteiger partial charge in [-0.1, -0.05) is 6.07 Å². The van der Waals surface area contributed by atoms with Crippen molar-refractivity contribution in [2.45, 2.75) is 0 Å². The number of nitrogens with zero attached hydrogens (tertiary/aromatic N) is 2. The second-order valence-electron chi connectivity index (χ2n) is 3.16. The molecule has 2 rings (SSSR count). The average molecular weight is 218 g/mol. The fourth-order valence-electron chi connectivity index (χ4n) is 1.37. The molecule has 0 unspecified atom stereocenters. The summed E-state index contributed by atoms with van der Waals surface area (Å²) in [7, 11) is 0. The Morgan fingerprint density at radius 1 is 1.31 bits per heavy atom. The summed E-state index contributed by atoms with van der Waals surface area (Å²) in [5.41, 5.74) is 0.561. The molecule has 5 heteroatoms. The largest absolute Gasteiger partial charge is 0.270 e. The predicted molar refractivity (Wildman–Crippen MR) is 56.3 cm³/mol. The van der Waals surface area contributed by atoms with Crippen LogP contribution in [0.4, 0.5) is 10.1 Å². The summed E-state index contributed by atoms with van der Waals surface area (Å²) in [5, 5.41) is 10.6. The molecular weight excluding hydrogens is 211 g/mol. The van der Waals surface area contributed by atoms with E-state index < -0.39 is 10.7 Å². The lowest BCUT2D eigenvalue weighted by Crippen LogP contribution is -1.91. The molecule has 0 amide bonds. The second kappa shape index (κ2) is 4.06. The van der Waals surface area contributed by atoms with Gasteiger partial charge in [0.25, 0.3) is 5.69 Å². The van der Waals surface area contributed by atoms with Gasteiger partial charge in [-0.05, 0) is 12.1 Å². The van der Waals surface area contributed by atoms with E-state index in [1.165, 1.54) is 12.3 Å². The van der Waals surface area contributed by atoms with Crippen molar-refractivity contribution in [3.63, 3.8) is 0 Å². The SMILES string of the molecule is O=[N+]([O-])c1ccc(F)c(-c2cccnc2)c1. The van der Waals surface area contributed by atoms with Gasteiger partial charge in [0.1, 0.15) is 5.82 Å². The maximum absolute atomic E-state index is 13.5. The van der Waals surface area contributed by atoms with Gasteiger partial charge in [0.2, 0.25) is 0 Å². The van der Waals surface area contributed by atoms with Crippen LogP contribution in [-0.2, 0) is 0 Å². The minimum Gasteiger partial charge on any atom is -0.264 e. The van der Waals surface area contributed by atoms with Crippen molar-refractivity contribution in [2.24, 2.45) is 0 Å². The Kier molecular flexibility index (Phi) is 2.59. The smallest absolute Gasteiger partial charge is 0.264 e. The first-order valence-corrected chi connectivity index (χ1v) is 4.53. The third-order valence-corrected chi connectivity index (χ3v) is 2.13. The summed E-state index contributed by atoms with van der Waals surface area (Å²) in [6, 6.07) is 6.71. The number of non-ortho nitro benzene ring substituents is 1. The van der Waals surface area contributed by atoms with E-state index in [1.807, 2.05) is 0 Å². The number of nitro benzene ring substituents is 1. The van der Waals surface area contributed by atoms with Gasteiger partial charge in [-0.2, -0.15) is 0 Å². The van der Waals surface area contributed by atoms with Crippen LogP contribution in [0, 0.1) is 15.9 Å². The minimum absolute atomic E-state index is 0.139. The molecule has 1 aromatic heterocycles. The van der Waals surface area contributed by atoms with E-state index in [0.717, 1.165) is 12.1 Å². The highest BCUT2D eigenvalue weighted by atomic mass is 19.1. The monoisotopic (exact) mass is 218 g/mol. The van der Waals surface area contributed by atoms with Gasteiger partial charge < -0.3 is 0 Å². The van der Waals surface area contributed by atoms with Crippen LogP contribution in [0.25, 0.3) is 11.1 Å². The third-order valence-electron chi connectivity index (χ3n) is 2.13. The fraction of sp³-hybridized carbons (Fsp3) is 0. The normalized spacial score (nSPS) is 10.1. The summed E-state index contributed by atoms with van der Waals surface area (Å²) in [4.78, 5) is 13.8. The lowest BCUT2D eigenvalue weighted by Gasteiger charge is -2.02. The van der Waals surface area contributed by atoms with Gasteiger partial charge in [0.05, 0.1) is 4.92 Å². The van der Waals surface area contributed by atoms with Crippen LogP contribution in [0.5, 0.6) is 0 Å². The zero-order chi connectivity index (χ0) is 11.5. The molecule has 0 aliphatic carbocycles. The van der Waals surface area contributed by atoms with E-state index in [4.69, 9.17) is 0 Å². The van der Waals surface area contributed by atoms with Crippen LogP contribution in [0.2, 0.25) is 0 Å². The molecule has 0 N–H and O–H groups in total. The van der Waals surface area contributed by atoms with E-state index in [9.17, 15) is 14.5 Å². The van der Waals surface area contributed by atoms with Crippen molar-refractivity contribution >= 4 is 5.69 Å². The van der Waals surface area contributed by atoms with Gasteiger partial charge in [0.15, 0.2) is 0 Å². The summed E-state index contributed by atoms with van der Waals surface area (Å²) in [6.45, 7) is 0. The highest BCUT2D eigenvalue weighted by Gasteiger charge is 2.11. The minimum atomic E-state index is -0.556. The highest BCUT2D eigenvalue weighted by Crippen LogP contribution is 2.26. The van der Waals surface area contributed by atoms with Crippen LogP contribution in [0.3, 0.4) is 0 Å². The van der Waals surface area contributed by atoms with Gasteiger partial charge >= 0.3 is 0 Å². The van der Waals surface area contributed by atoms with E-state index >= 15 is 0 Å². The lowest BCUT2D eigenvalue weighted by molar-refractivity contribution is -0.384. The molecular formula is C11H7FN2O2. The molecule has 0 bridgehead atoms. The standard InChI is InChI=1S/C11H7FN2O2/c12-11-4-3-9(14(15)16)6-10(11)8-2-1-5-13-7-8/h1-7H. The zero-order valence-electron chi connectivity index (χ0n) is 8.13. The Balaban J connectivity index is 2.56. The second-order valence-corrected chi connectivity index (χ2v) is 3.16. The number of halogens is 1. The predicted octanol–water partition coefficient (Wildman–Crippen LogP) is 2.80.